The van der Waals surface area contributed by atoms with Gasteiger partial charge in [0.15, 0.2) is 5.82 Å². The van der Waals surface area contributed by atoms with Crippen LogP contribution in [0.15, 0.2) is 17.0 Å². The lowest BCUT2D eigenvalue weighted by Crippen LogP contribution is -2.34. The van der Waals surface area contributed by atoms with Gasteiger partial charge in [-0.2, -0.15) is 0 Å². The van der Waals surface area contributed by atoms with Crippen molar-refractivity contribution in [1.29, 1.82) is 0 Å². The Kier molecular flexibility index (Phi) is 5.41. The lowest BCUT2D eigenvalue weighted by atomic mass is 10.1. The Morgan fingerprint density at radius 1 is 1.29 bits per heavy atom. The van der Waals surface area contributed by atoms with Gasteiger partial charge in [0.2, 0.25) is 10.0 Å². The average Bonchev–Trinajstić information content (AvgIpc) is 2.25. The molecule has 0 radical (unpaired) electrons. The molecule has 21 heavy (non-hydrogen) atoms. The summed E-state index contributed by atoms with van der Waals surface area (Å²) in [7, 11) is -4.26. The number of halogens is 2. The molecule has 0 heterocycles. The summed E-state index contributed by atoms with van der Waals surface area (Å²) in [5.41, 5.74) is -1.28. The van der Waals surface area contributed by atoms with Crippen molar-refractivity contribution in [2.24, 2.45) is 5.92 Å². The minimum absolute atomic E-state index is 0.218. The first-order valence-corrected chi connectivity index (χ1v) is 7.78. The van der Waals surface area contributed by atoms with Crippen LogP contribution >= 0.6 is 0 Å². The van der Waals surface area contributed by atoms with Gasteiger partial charge in [0, 0.05) is 6.04 Å². The lowest BCUT2D eigenvalue weighted by Gasteiger charge is -2.16. The maximum atomic E-state index is 14.0. The molecule has 0 aromatic heterocycles. The van der Waals surface area contributed by atoms with Gasteiger partial charge in [-0.3, -0.25) is 0 Å². The number of sulfonamides is 1. The van der Waals surface area contributed by atoms with Gasteiger partial charge in [0.05, 0.1) is 0 Å². The summed E-state index contributed by atoms with van der Waals surface area (Å²) in [5, 5.41) is 8.74. The molecule has 8 heteroatoms. The number of benzene rings is 1. The van der Waals surface area contributed by atoms with Crippen molar-refractivity contribution < 1.29 is 27.1 Å². The number of nitrogens with one attached hydrogen (secondary N) is 1. The molecule has 1 unspecified atom stereocenters. The van der Waals surface area contributed by atoms with Crippen LogP contribution in [-0.4, -0.2) is 25.5 Å². The Bertz CT molecular complexity index is 644. The summed E-state index contributed by atoms with van der Waals surface area (Å²) >= 11 is 0. The first-order chi connectivity index (χ1) is 9.56. The van der Waals surface area contributed by atoms with E-state index in [1.54, 1.807) is 6.92 Å². The third kappa shape index (κ3) is 4.21. The van der Waals surface area contributed by atoms with E-state index in [-0.39, 0.29) is 5.92 Å². The predicted molar refractivity (Wildman–Crippen MR) is 72.6 cm³/mol. The molecule has 1 atom stereocenters. The molecular weight excluding hydrogens is 304 g/mol. The largest absolute Gasteiger partial charge is 0.477 e. The third-order valence-corrected chi connectivity index (χ3v) is 4.35. The van der Waals surface area contributed by atoms with Crippen molar-refractivity contribution in [2.75, 3.05) is 0 Å². The Hall–Kier alpha value is -1.54. The highest BCUT2D eigenvalue weighted by atomic mass is 32.2. The summed E-state index contributed by atoms with van der Waals surface area (Å²) in [4.78, 5) is 9.92. The first kappa shape index (κ1) is 17.5. The zero-order chi connectivity index (χ0) is 16.4. The highest BCUT2D eigenvalue weighted by Gasteiger charge is 2.28. The lowest BCUT2D eigenvalue weighted by molar-refractivity contribution is 0.0685. The maximum Gasteiger partial charge on any atom is 0.341 e. The maximum absolute atomic E-state index is 14.0. The average molecular weight is 321 g/mol. The van der Waals surface area contributed by atoms with Crippen LogP contribution < -0.4 is 4.72 Å². The molecule has 0 bridgehead atoms. The number of carboxylic acids is 1. The van der Waals surface area contributed by atoms with E-state index in [2.05, 4.69) is 4.72 Å². The molecular formula is C13H17F2NO4S. The van der Waals surface area contributed by atoms with Gasteiger partial charge in [-0.25, -0.2) is 26.7 Å². The molecule has 2 N–H and O–H groups in total. The van der Waals surface area contributed by atoms with Crippen LogP contribution in [0.25, 0.3) is 0 Å². The minimum Gasteiger partial charge on any atom is -0.477 e. The van der Waals surface area contributed by atoms with Gasteiger partial charge in [-0.15, -0.1) is 0 Å². The van der Waals surface area contributed by atoms with E-state index in [9.17, 15) is 22.0 Å². The van der Waals surface area contributed by atoms with Gasteiger partial charge in [0.1, 0.15) is 16.3 Å². The second-order valence-corrected chi connectivity index (χ2v) is 6.87. The number of hydrogen-bond acceptors (Lipinski definition) is 3. The van der Waals surface area contributed by atoms with Gasteiger partial charge < -0.3 is 5.11 Å². The zero-order valence-corrected chi connectivity index (χ0v) is 12.7. The SMILES string of the molecule is CC(C)CC(C)NS(=O)(=O)c1ccc(F)c(C(=O)O)c1F. The second kappa shape index (κ2) is 6.48. The fraction of sp³-hybridized carbons (Fsp3) is 0.462. The number of carboxylic acid groups (broad SMARTS) is 1. The van der Waals surface area contributed by atoms with E-state index in [4.69, 9.17) is 5.11 Å². The number of rotatable bonds is 6. The monoisotopic (exact) mass is 321 g/mol. The summed E-state index contributed by atoms with van der Waals surface area (Å²) in [6.45, 7) is 5.40. The van der Waals surface area contributed by atoms with Crippen LogP contribution in [0.1, 0.15) is 37.6 Å². The fourth-order valence-corrected chi connectivity index (χ4v) is 3.36. The first-order valence-electron chi connectivity index (χ1n) is 6.30. The molecule has 1 aromatic carbocycles. The molecule has 0 aliphatic carbocycles. The van der Waals surface area contributed by atoms with Crippen molar-refractivity contribution in [1.82, 2.24) is 4.72 Å². The van der Waals surface area contributed by atoms with Crippen molar-refractivity contribution in [2.45, 2.75) is 38.1 Å². The summed E-state index contributed by atoms with van der Waals surface area (Å²) in [6, 6.07) is 0.864. The van der Waals surface area contributed by atoms with E-state index >= 15 is 0 Å². The van der Waals surface area contributed by atoms with E-state index in [1.165, 1.54) is 0 Å². The summed E-state index contributed by atoms with van der Waals surface area (Å²) in [6.07, 6.45) is 0.522. The van der Waals surface area contributed by atoms with Crippen LogP contribution in [0.3, 0.4) is 0 Å². The third-order valence-electron chi connectivity index (χ3n) is 2.74. The quantitative estimate of drug-likeness (QED) is 0.842. The van der Waals surface area contributed by atoms with Crippen LogP contribution in [0.2, 0.25) is 0 Å². The molecule has 0 saturated carbocycles. The molecule has 0 saturated heterocycles. The van der Waals surface area contributed by atoms with Crippen molar-refractivity contribution in [3.05, 3.63) is 29.3 Å². The molecule has 1 rings (SSSR count). The van der Waals surface area contributed by atoms with E-state index in [0.717, 1.165) is 0 Å². The van der Waals surface area contributed by atoms with Crippen molar-refractivity contribution in [3.8, 4) is 0 Å². The molecule has 0 amide bonds. The molecule has 0 aliphatic rings. The molecule has 1 aromatic rings. The number of carbonyl (C=O) groups is 1. The number of hydrogen-bond donors (Lipinski definition) is 2. The second-order valence-electron chi connectivity index (χ2n) is 5.19. The molecule has 0 fully saturated rings. The Morgan fingerprint density at radius 2 is 1.86 bits per heavy atom. The van der Waals surface area contributed by atoms with Crippen molar-refractivity contribution in [3.63, 3.8) is 0 Å². The Balaban J connectivity index is 3.21. The molecule has 118 valence electrons. The predicted octanol–water partition coefficient (Wildman–Crippen LogP) is 2.38. The highest BCUT2D eigenvalue weighted by Crippen LogP contribution is 2.21. The molecule has 0 aliphatic heterocycles. The van der Waals surface area contributed by atoms with E-state index < -0.39 is 44.1 Å². The van der Waals surface area contributed by atoms with Crippen LogP contribution in [0.5, 0.6) is 0 Å². The normalized spacial score (nSPS) is 13.4. The smallest absolute Gasteiger partial charge is 0.341 e. The topological polar surface area (TPSA) is 83.5 Å². The van der Waals surface area contributed by atoms with Gasteiger partial charge >= 0.3 is 5.97 Å². The fourth-order valence-electron chi connectivity index (χ4n) is 2.02. The van der Waals surface area contributed by atoms with Gasteiger partial charge in [-0.1, -0.05) is 13.8 Å². The van der Waals surface area contributed by atoms with E-state index in [0.29, 0.717) is 18.6 Å². The van der Waals surface area contributed by atoms with Crippen LogP contribution in [-0.2, 0) is 10.0 Å². The summed E-state index contributed by atoms with van der Waals surface area (Å²) < 4.78 is 53.6. The Morgan fingerprint density at radius 3 is 2.33 bits per heavy atom. The van der Waals surface area contributed by atoms with E-state index in [1.807, 2.05) is 13.8 Å². The minimum atomic E-state index is -4.26. The summed E-state index contributed by atoms with van der Waals surface area (Å²) in [5.74, 6) is -4.58. The highest BCUT2D eigenvalue weighted by molar-refractivity contribution is 7.89. The number of aromatic carboxylic acids is 1. The van der Waals surface area contributed by atoms with Crippen LogP contribution in [0, 0.1) is 17.6 Å². The molecule has 5 nitrogen and oxygen atoms in total. The zero-order valence-electron chi connectivity index (χ0n) is 11.9. The molecule has 0 spiro atoms. The Labute approximate surface area is 122 Å². The standard InChI is InChI=1S/C13H17F2NO4S/c1-7(2)6-8(3)16-21(19,20)10-5-4-9(14)11(12(10)15)13(17)18/h4-5,7-8,16H,6H2,1-3H3,(H,17,18). The van der Waals surface area contributed by atoms with Gasteiger partial charge in [-0.05, 0) is 31.4 Å². The van der Waals surface area contributed by atoms with Crippen molar-refractivity contribution >= 4 is 16.0 Å². The van der Waals surface area contributed by atoms with Crippen LogP contribution in [0.4, 0.5) is 8.78 Å². The van der Waals surface area contributed by atoms with Gasteiger partial charge in [0.25, 0.3) is 0 Å².